The topological polar surface area (TPSA) is 52.6 Å². The van der Waals surface area contributed by atoms with Crippen LogP contribution in [0.5, 0.6) is 0 Å². The van der Waals surface area contributed by atoms with Crippen molar-refractivity contribution in [2.24, 2.45) is 0 Å². The average Bonchev–Trinajstić information content (AvgIpc) is 2.68. The van der Waals surface area contributed by atoms with Crippen LogP contribution in [0.25, 0.3) is 0 Å². The van der Waals surface area contributed by atoms with Crippen molar-refractivity contribution in [2.75, 3.05) is 39.8 Å². The Morgan fingerprint density at radius 1 is 0.923 bits per heavy atom. The smallest absolute Gasteiger partial charge is 0.251 e. The highest BCUT2D eigenvalue weighted by atomic mass is 16.2. The van der Waals surface area contributed by atoms with E-state index in [0.717, 1.165) is 38.3 Å². The predicted molar refractivity (Wildman–Crippen MR) is 102 cm³/mol. The molecule has 1 aliphatic rings. The van der Waals surface area contributed by atoms with E-state index in [1.54, 1.807) is 18.2 Å². The molecule has 0 aliphatic carbocycles. The maximum atomic E-state index is 12.4. The Balaban J connectivity index is 1.55. The summed E-state index contributed by atoms with van der Waals surface area (Å²) in [5, 5.41) is 2.73. The standard InChI is InChI=1S/C21H25N3O2/c1-23-10-12-24(13-11-23)16-17-6-5-9-19(14-17)21(26)22-15-20(25)18-7-3-2-4-8-18/h2-9,14H,10-13,15-16H2,1H3,(H,22,26). The Labute approximate surface area is 154 Å². The zero-order valence-corrected chi connectivity index (χ0v) is 15.1. The zero-order valence-electron chi connectivity index (χ0n) is 15.1. The van der Waals surface area contributed by atoms with E-state index in [1.165, 1.54) is 0 Å². The van der Waals surface area contributed by atoms with Crippen molar-refractivity contribution >= 4 is 11.7 Å². The molecule has 1 amide bonds. The molecule has 0 unspecified atom stereocenters. The van der Waals surface area contributed by atoms with Crippen molar-refractivity contribution in [1.29, 1.82) is 0 Å². The Morgan fingerprint density at radius 2 is 1.62 bits per heavy atom. The van der Waals surface area contributed by atoms with E-state index < -0.39 is 0 Å². The summed E-state index contributed by atoms with van der Waals surface area (Å²) in [6.45, 7) is 5.07. The maximum Gasteiger partial charge on any atom is 0.251 e. The molecule has 0 saturated carbocycles. The molecule has 1 N–H and O–H groups in total. The van der Waals surface area contributed by atoms with Crippen LogP contribution in [0.2, 0.25) is 0 Å². The van der Waals surface area contributed by atoms with Crippen molar-refractivity contribution < 1.29 is 9.59 Å². The fourth-order valence-electron chi connectivity index (χ4n) is 3.06. The zero-order chi connectivity index (χ0) is 18.4. The summed E-state index contributed by atoms with van der Waals surface area (Å²) in [5.41, 5.74) is 2.32. The monoisotopic (exact) mass is 351 g/mol. The second-order valence-corrected chi connectivity index (χ2v) is 6.75. The van der Waals surface area contributed by atoms with Gasteiger partial charge >= 0.3 is 0 Å². The van der Waals surface area contributed by atoms with E-state index in [0.29, 0.717) is 11.1 Å². The van der Waals surface area contributed by atoms with E-state index >= 15 is 0 Å². The van der Waals surface area contributed by atoms with Crippen LogP contribution in [0.15, 0.2) is 54.6 Å². The van der Waals surface area contributed by atoms with Crippen LogP contribution in [-0.2, 0) is 6.54 Å². The molecule has 5 heteroatoms. The molecule has 5 nitrogen and oxygen atoms in total. The Morgan fingerprint density at radius 3 is 2.35 bits per heavy atom. The lowest BCUT2D eigenvalue weighted by Gasteiger charge is -2.32. The molecular weight excluding hydrogens is 326 g/mol. The molecule has 0 aromatic heterocycles. The summed E-state index contributed by atoms with van der Waals surface area (Å²) in [7, 11) is 2.14. The number of hydrogen-bond donors (Lipinski definition) is 1. The number of carbonyl (C=O) groups excluding carboxylic acids is 2. The number of Topliss-reactive ketones (excluding diaryl/α,β-unsaturated/α-hetero) is 1. The second-order valence-electron chi connectivity index (χ2n) is 6.75. The van der Waals surface area contributed by atoms with Crippen LogP contribution >= 0.6 is 0 Å². The van der Waals surface area contributed by atoms with Crippen LogP contribution < -0.4 is 5.32 Å². The number of nitrogens with one attached hydrogen (secondary N) is 1. The quantitative estimate of drug-likeness (QED) is 0.810. The van der Waals surface area contributed by atoms with Gasteiger partial charge in [0.05, 0.1) is 6.54 Å². The number of hydrogen-bond acceptors (Lipinski definition) is 4. The fourth-order valence-corrected chi connectivity index (χ4v) is 3.06. The van der Waals surface area contributed by atoms with Gasteiger partial charge in [0, 0.05) is 43.9 Å². The number of ketones is 1. The maximum absolute atomic E-state index is 12.4. The lowest BCUT2D eigenvalue weighted by molar-refractivity contribution is 0.0904. The van der Waals surface area contributed by atoms with Crippen molar-refractivity contribution in [3.05, 3.63) is 71.3 Å². The Bertz CT molecular complexity index is 753. The van der Waals surface area contributed by atoms with Gasteiger partial charge in [0.2, 0.25) is 0 Å². The molecule has 1 heterocycles. The molecule has 1 saturated heterocycles. The number of nitrogens with zero attached hydrogens (tertiary/aromatic N) is 2. The van der Waals surface area contributed by atoms with Crippen LogP contribution in [0.4, 0.5) is 0 Å². The van der Waals surface area contributed by atoms with Gasteiger partial charge < -0.3 is 10.2 Å². The van der Waals surface area contributed by atoms with Gasteiger partial charge in [0.15, 0.2) is 5.78 Å². The van der Waals surface area contributed by atoms with Gasteiger partial charge in [-0.2, -0.15) is 0 Å². The molecule has 3 rings (SSSR count). The Hall–Kier alpha value is -2.50. The van der Waals surface area contributed by atoms with Crippen molar-refractivity contribution in [1.82, 2.24) is 15.1 Å². The van der Waals surface area contributed by atoms with Crippen LogP contribution in [0, 0.1) is 0 Å². The van der Waals surface area contributed by atoms with E-state index in [4.69, 9.17) is 0 Å². The first-order valence-corrected chi connectivity index (χ1v) is 8.98. The fraction of sp³-hybridized carbons (Fsp3) is 0.333. The van der Waals surface area contributed by atoms with Gasteiger partial charge in [0.1, 0.15) is 0 Å². The molecule has 136 valence electrons. The number of likely N-dealkylation sites (N-methyl/N-ethyl adjacent to an activating group) is 1. The van der Waals surface area contributed by atoms with E-state index in [2.05, 4.69) is 22.2 Å². The van der Waals surface area contributed by atoms with Gasteiger partial charge in [-0.25, -0.2) is 0 Å². The van der Waals surface area contributed by atoms with Crippen molar-refractivity contribution in [3.63, 3.8) is 0 Å². The molecular formula is C21H25N3O2. The van der Waals surface area contributed by atoms with Gasteiger partial charge in [0.25, 0.3) is 5.91 Å². The molecule has 0 bridgehead atoms. The minimum Gasteiger partial charge on any atom is -0.345 e. The minimum atomic E-state index is -0.213. The molecule has 0 spiro atoms. The Kier molecular flexibility index (Phi) is 6.15. The minimum absolute atomic E-state index is 0.00549. The lowest BCUT2D eigenvalue weighted by atomic mass is 10.1. The average molecular weight is 351 g/mol. The molecule has 1 aliphatic heterocycles. The summed E-state index contributed by atoms with van der Waals surface area (Å²) in [4.78, 5) is 29.2. The molecule has 0 atom stereocenters. The van der Waals surface area contributed by atoms with Gasteiger partial charge in [-0.1, -0.05) is 42.5 Å². The summed E-state index contributed by atoms with van der Waals surface area (Å²) >= 11 is 0. The number of amides is 1. The summed E-state index contributed by atoms with van der Waals surface area (Å²) in [6, 6.07) is 16.7. The third-order valence-electron chi connectivity index (χ3n) is 4.70. The van der Waals surface area contributed by atoms with Gasteiger partial charge in [-0.15, -0.1) is 0 Å². The van der Waals surface area contributed by atoms with Crippen LogP contribution in [-0.4, -0.2) is 61.3 Å². The predicted octanol–water partition coefficient (Wildman–Crippen LogP) is 2.05. The van der Waals surface area contributed by atoms with E-state index in [9.17, 15) is 9.59 Å². The lowest BCUT2D eigenvalue weighted by Crippen LogP contribution is -2.43. The summed E-state index contributed by atoms with van der Waals surface area (Å²) in [5.74, 6) is -0.304. The van der Waals surface area contributed by atoms with Crippen LogP contribution in [0.1, 0.15) is 26.3 Å². The highest BCUT2D eigenvalue weighted by Gasteiger charge is 2.15. The molecule has 2 aromatic rings. The largest absolute Gasteiger partial charge is 0.345 e. The molecule has 26 heavy (non-hydrogen) atoms. The number of rotatable bonds is 6. The first-order chi connectivity index (χ1) is 12.6. The summed E-state index contributed by atoms with van der Waals surface area (Å²) < 4.78 is 0. The van der Waals surface area contributed by atoms with E-state index in [1.807, 2.05) is 36.4 Å². The highest BCUT2D eigenvalue weighted by molar-refractivity contribution is 6.02. The van der Waals surface area contributed by atoms with Crippen LogP contribution in [0.3, 0.4) is 0 Å². The second kappa shape index (κ2) is 8.74. The third kappa shape index (κ3) is 5.00. The van der Waals surface area contributed by atoms with Crippen molar-refractivity contribution in [3.8, 4) is 0 Å². The highest BCUT2D eigenvalue weighted by Crippen LogP contribution is 2.10. The van der Waals surface area contributed by atoms with Gasteiger partial charge in [-0.05, 0) is 24.7 Å². The first-order valence-electron chi connectivity index (χ1n) is 8.98. The number of benzene rings is 2. The summed E-state index contributed by atoms with van der Waals surface area (Å²) in [6.07, 6.45) is 0. The first kappa shape index (κ1) is 18.3. The number of carbonyl (C=O) groups is 2. The number of piperazine rings is 1. The molecule has 2 aromatic carbocycles. The van der Waals surface area contributed by atoms with Crippen molar-refractivity contribution in [2.45, 2.75) is 6.54 Å². The van der Waals surface area contributed by atoms with E-state index in [-0.39, 0.29) is 18.2 Å². The SMILES string of the molecule is CN1CCN(Cc2cccc(C(=O)NCC(=O)c3ccccc3)c2)CC1. The third-order valence-corrected chi connectivity index (χ3v) is 4.70. The molecule has 1 fully saturated rings. The normalized spacial score (nSPS) is 15.6. The molecule has 0 radical (unpaired) electrons. The van der Waals surface area contributed by atoms with Gasteiger partial charge in [-0.3, -0.25) is 14.5 Å².